The molecular weight excluding hydrogens is 388 g/mol. The first-order valence-corrected chi connectivity index (χ1v) is 8.45. The van der Waals surface area contributed by atoms with Crippen LogP contribution >= 0.6 is 12.4 Å². The Kier molecular flexibility index (Phi) is 6.22. The van der Waals surface area contributed by atoms with Crippen molar-refractivity contribution in [3.05, 3.63) is 35.7 Å². The number of aryl methyl sites for hydroxylation is 1. The summed E-state index contributed by atoms with van der Waals surface area (Å²) in [5.74, 6) is 3.77. The second kappa shape index (κ2) is 8.09. The minimum absolute atomic E-state index is 0. The molecule has 0 saturated carbocycles. The van der Waals surface area contributed by atoms with Crippen molar-refractivity contribution < 1.29 is 13.9 Å². The Balaban J connectivity index is 0.00000280. The van der Waals surface area contributed by atoms with Gasteiger partial charge < -0.3 is 15.4 Å². The van der Waals surface area contributed by atoms with Crippen LogP contribution < -0.4 is 5.73 Å². The summed E-state index contributed by atoms with van der Waals surface area (Å²) in [6, 6.07) is 3.91. The van der Waals surface area contributed by atoms with Crippen LogP contribution in [-0.4, -0.2) is 30.2 Å². The molecule has 3 rings (SSSR count). The van der Waals surface area contributed by atoms with E-state index in [1.165, 1.54) is 26.0 Å². The molecule has 1 aromatic carbocycles. The molecule has 28 heavy (non-hydrogen) atoms. The molecule has 0 spiro atoms. The molecule has 2 heterocycles. The predicted molar refractivity (Wildman–Crippen MR) is 106 cm³/mol. The summed E-state index contributed by atoms with van der Waals surface area (Å²) in [5.41, 5.74) is 5.46. The number of hydrogen-bond donors (Lipinski definition) is 2. The molecule has 0 radical (unpaired) electrons. The summed E-state index contributed by atoms with van der Waals surface area (Å²) in [5, 5.41) is 9.75. The second-order valence-electron chi connectivity index (χ2n) is 6.60. The number of halogens is 3. The van der Waals surface area contributed by atoms with Crippen molar-refractivity contribution in [2.24, 2.45) is 0 Å². The third kappa shape index (κ3) is 4.21. The molecule has 0 aliphatic carbocycles. The standard InChI is InChI=1S/C19H19F2N5O.ClH/c1-4-10-26-17(11-6-5-7-12(20)14(11)21)25-15-16(22)23-13(24-18(15)26)8-9-19(2,3)27;/h5-7,27H,4,10H2,1-3H3,(H2,22,23,24);1H. The summed E-state index contributed by atoms with van der Waals surface area (Å²) < 4.78 is 29.7. The highest BCUT2D eigenvalue weighted by atomic mass is 35.5. The molecule has 0 bridgehead atoms. The number of anilines is 1. The molecule has 148 valence electrons. The van der Waals surface area contributed by atoms with Crippen LogP contribution in [0.1, 0.15) is 33.0 Å². The van der Waals surface area contributed by atoms with E-state index in [1.807, 2.05) is 6.92 Å². The summed E-state index contributed by atoms with van der Waals surface area (Å²) in [6.45, 7) is 5.48. The van der Waals surface area contributed by atoms with Gasteiger partial charge in [-0.25, -0.2) is 23.7 Å². The maximum absolute atomic E-state index is 14.3. The van der Waals surface area contributed by atoms with Crippen LogP contribution in [0, 0.1) is 23.5 Å². The molecule has 0 fully saturated rings. The van der Waals surface area contributed by atoms with Gasteiger partial charge in [0.1, 0.15) is 11.4 Å². The third-order valence-electron chi connectivity index (χ3n) is 3.74. The molecule has 0 aliphatic rings. The van der Waals surface area contributed by atoms with Gasteiger partial charge >= 0.3 is 0 Å². The van der Waals surface area contributed by atoms with Crippen LogP contribution in [0.15, 0.2) is 18.2 Å². The van der Waals surface area contributed by atoms with Gasteiger partial charge in [-0.15, -0.1) is 12.4 Å². The van der Waals surface area contributed by atoms with Crippen molar-refractivity contribution in [1.82, 2.24) is 19.5 Å². The van der Waals surface area contributed by atoms with Crippen LogP contribution in [0.4, 0.5) is 14.6 Å². The molecule has 2 aromatic heterocycles. The normalized spacial score (nSPS) is 11.1. The zero-order valence-corrected chi connectivity index (χ0v) is 16.4. The number of nitrogens with zero attached hydrogens (tertiary/aromatic N) is 4. The molecule has 3 aromatic rings. The first-order chi connectivity index (χ1) is 12.7. The largest absolute Gasteiger partial charge is 0.382 e. The van der Waals surface area contributed by atoms with E-state index in [2.05, 4.69) is 26.8 Å². The molecular formula is C19H20ClF2N5O. The van der Waals surface area contributed by atoms with Crippen molar-refractivity contribution in [1.29, 1.82) is 0 Å². The van der Waals surface area contributed by atoms with Gasteiger partial charge in [-0.1, -0.05) is 18.9 Å². The first kappa shape index (κ1) is 21.5. The Bertz CT molecular complexity index is 1080. The van der Waals surface area contributed by atoms with Crippen molar-refractivity contribution >= 4 is 29.4 Å². The lowest BCUT2D eigenvalue weighted by atomic mass is 10.1. The number of aromatic nitrogens is 4. The fourth-order valence-corrected chi connectivity index (χ4v) is 2.60. The van der Waals surface area contributed by atoms with Crippen molar-refractivity contribution in [3.8, 4) is 23.2 Å². The highest BCUT2D eigenvalue weighted by Crippen LogP contribution is 2.29. The average molecular weight is 408 g/mol. The van der Waals surface area contributed by atoms with Gasteiger partial charge in [-0.2, -0.15) is 0 Å². The maximum atomic E-state index is 14.3. The van der Waals surface area contributed by atoms with Crippen LogP contribution in [0.5, 0.6) is 0 Å². The van der Waals surface area contributed by atoms with Gasteiger partial charge in [0.25, 0.3) is 0 Å². The topological polar surface area (TPSA) is 89.9 Å². The maximum Gasteiger partial charge on any atom is 0.209 e. The predicted octanol–water partition coefficient (Wildman–Crippen LogP) is 3.31. The van der Waals surface area contributed by atoms with E-state index in [4.69, 9.17) is 5.73 Å². The number of imidazole rings is 1. The SMILES string of the molecule is CCCn1c(-c2cccc(F)c2F)nc2c(N)nc(C#CC(C)(C)O)nc21.Cl. The lowest BCUT2D eigenvalue weighted by Crippen LogP contribution is -2.14. The fraction of sp³-hybridized carbons (Fsp3) is 0.316. The van der Waals surface area contributed by atoms with E-state index in [0.717, 1.165) is 6.07 Å². The Morgan fingerprint density at radius 3 is 2.57 bits per heavy atom. The van der Waals surface area contributed by atoms with Crippen LogP contribution in [-0.2, 0) is 6.54 Å². The first-order valence-electron chi connectivity index (χ1n) is 8.45. The molecule has 9 heteroatoms. The minimum Gasteiger partial charge on any atom is -0.382 e. The lowest BCUT2D eigenvalue weighted by molar-refractivity contribution is 0.143. The zero-order valence-electron chi connectivity index (χ0n) is 15.6. The van der Waals surface area contributed by atoms with Crippen molar-refractivity contribution in [2.75, 3.05) is 5.73 Å². The number of benzene rings is 1. The second-order valence-corrected chi connectivity index (χ2v) is 6.60. The van der Waals surface area contributed by atoms with E-state index < -0.39 is 17.2 Å². The van der Waals surface area contributed by atoms with Crippen LogP contribution in [0.2, 0.25) is 0 Å². The number of nitrogen functional groups attached to an aromatic ring is 1. The number of hydrogen-bond acceptors (Lipinski definition) is 5. The van der Waals surface area contributed by atoms with Gasteiger partial charge in [0.05, 0.1) is 5.56 Å². The van der Waals surface area contributed by atoms with E-state index in [0.29, 0.717) is 18.6 Å². The van der Waals surface area contributed by atoms with Gasteiger partial charge in [-0.3, -0.25) is 0 Å². The smallest absolute Gasteiger partial charge is 0.209 e. The number of fused-ring (bicyclic) bond motifs is 1. The molecule has 6 nitrogen and oxygen atoms in total. The summed E-state index contributed by atoms with van der Waals surface area (Å²) >= 11 is 0. The molecule has 3 N–H and O–H groups in total. The van der Waals surface area contributed by atoms with E-state index in [9.17, 15) is 13.9 Å². The van der Waals surface area contributed by atoms with Gasteiger partial charge in [0, 0.05) is 6.54 Å². The van der Waals surface area contributed by atoms with Gasteiger partial charge in [0.2, 0.25) is 5.82 Å². The Morgan fingerprint density at radius 1 is 1.21 bits per heavy atom. The van der Waals surface area contributed by atoms with E-state index in [-0.39, 0.29) is 41.0 Å². The minimum atomic E-state index is -1.22. The van der Waals surface area contributed by atoms with E-state index in [1.54, 1.807) is 4.57 Å². The molecule has 0 amide bonds. The van der Waals surface area contributed by atoms with Crippen molar-refractivity contribution in [3.63, 3.8) is 0 Å². The molecule has 0 saturated heterocycles. The Labute approximate surface area is 167 Å². The third-order valence-corrected chi connectivity index (χ3v) is 3.74. The zero-order chi connectivity index (χ0) is 19.8. The number of aliphatic hydroxyl groups is 1. The summed E-state index contributed by atoms with van der Waals surface area (Å²) in [4.78, 5) is 12.8. The van der Waals surface area contributed by atoms with Crippen LogP contribution in [0.25, 0.3) is 22.6 Å². The highest BCUT2D eigenvalue weighted by Gasteiger charge is 2.21. The number of rotatable bonds is 3. The summed E-state index contributed by atoms with van der Waals surface area (Å²) in [7, 11) is 0. The molecule has 0 unspecified atom stereocenters. The van der Waals surface area contributed by atoms with Crippen molar-refractivity contribution in [2.45, 2.75) is 39.3 Å². The molecule has 0 atom stereocenters. The summed E-state index contributed by atoms with van der Waals surface area (Å²) in [6.07, 6.45) is 0.712. The van der Waals surface area contributed by atoms with Gasteiger partial charge in [0.15, 0.2) is 28.6 Å². The highest BCUT2D eigenvalue weighted by molar-refractivity contribution is 5.86. The molecule has 0 aliphatic heterocycles. The monoisotopic (exact) mass is 407 g/mol. The van der Waals surface area contributed by atoms with E-state index >= 15 is 0 Å². The quantitative estimate of drug-likeness (QED) is 0.650. The van der Waals surface area contributed by atoms with Crippen LogP contribution in [0.3, 0.4) is 0 Å². The van der Waals surface area contributed by atoms with Gasteiger partial charge in [-0.05, 0) is 38.3 Å². The average Bonchev–Trinajstić information content (AvgIpc) is 2.94. The Morgan fingerprint density at radius 2 is 1.93 bits per heavy atom. The Hall–Kier alpha value is -2.76. The lowest BCUT2D eigenvalue weighted by Gasteiger charge is -2.08. The fourth-order valence-electron chi connectivity index (χ4n) is 2.60. The number of nitrogens with two attached hydrogens (primary N) is 1.